The highest BCUT2D eigenvalue weighted by Crippen LogP contribution is 2.30. The fourth-order valence-electron chi connectivity index (χ4n) is 3.13. The van der Waals surface area contributed by atoms with Gasteiger partial charge in [0.15, 0.2) is 0 Å². The van der Waals surface area contributed by atoms with E-state index in [1.165, 1.54) is 0 Å². The predicted molar refractivity (Wildman–Crippen MR) is 97.0 cm³/mol. The summed E-state index contributed by atoms with van der Waals surface area (Å²) in [6.45, 7) is 3.44. The molecule has 0 saturated carbocycles. The van der Waals surface area contributed by atoms with E-state index in [1.807, 2.05) is 31.2 Å². The molecule has 1 aliphatic heterocycles. The Morgan fingerprint density at radius 3 is 3.04 bits per heavy atom. The van der Waals surface area contributed by atoms with Crippen LogP contribution in [0.25, 0.3) is 0 Å². The lowest BCUT2D eigenvalue weighted by molar-refractivity contribution is 0.181. The highest BCUT2D eigenvalue weighted by Gasteiger charge is 2.20. The van der Waals surface area contributed by atoms with Crippen LogP contribution < -0.4 is 10.1 Å². The van der Waals surface area contributed by atoms with Gasteiger partial charge in [0.2, 0.25) is 0 Å². The van der Waals surface area contributed by atoms with Gasteiger partial charge in [0.1, 0.15) is 24.0 Å². The van der Waals surface area contributed by atoms with Crippen molar-refractivity contribution in [2.24, 2.45) is 0 Å². The van der Waals surface area contributed by atoms with Crippen molar-refractivity contribution in [3.05, 3.63) is 64.4 Å². The monoisotopic (exact) mass is 351 g/mol. The van der Waals surface area contributed by atoms with Gasteiger partial charge in [-0.2, -0.15) is 5.10 Å². The molecule has 0 atom stereocenters. The summed E-state index contributed by atoms with van der Waals surface area (Å²) in [6, 6.07) is 10.1. The highest BCUT2D eigenvalue weighted by atomic mass is 16.5. The number of benzene rings is 1. The molecule has 1 aromatic carbocycles. The number of anilines is 1. The molecular weight excluding hydrogens is 330 g/mol. The normalized spacial score (nSPS) is 12.7. The minimum Gasteiger partial charge on any atom is -0.487 e. The Balaban J connectivity index is 1.60. The first-order chi connectivity index (χ1) is 12.7. The second-order valence-corrected chi connectivity index (χ2v) is 6.29. The zero-order valence-corrected chi connectivity index (χ0v) is 14.9. The van der Waals surface area contributed by atoms with E-state index in [-0.39, 0.29) is 0 Å². The summed E-state index contributed by atoms with van der Waals surface area (Å²) < 4.78 is 11.0. The van der Waals surface area contributed by atoms with E-state index < -0.39 is 0 Å². The van der Waals surface area contributed by atoms with Crippen LogP contribution in [0.15, 0.2) is 30.3 Å². The molecule has 0 fully saturated rings. The molecule has 0 spiro atoms. The maximum absolute atomic E-state index is 5.93. The maximum Gasteiger partial charge on any atom is 0.133 e. The molecule has 134 valence electrons. The number of H-pyrrole nitrogens is 1. The molecule has 0 radical (unpaired) electrons. The van der Waals surface area contributed by atoms with Crippen molar-refractivity contribution in [3.63, 3.8) is 0 Å². The molecule has 7 nitrogen and oxygen atoms in total. The van der Waals surface area contributed by atoms with Gasteiger partial charge in [0.25, 0.3) is 0 Å². The number of rotatable bonds is 5. The van der Waals surface area contributed by atoms with Crippen molar-refractivity contribution in [1.82, 2.24) is 20.2 Å². The van der Waals surface area contributed by atoms with Gasteiger partial charge in [-0.1, -0.05) is 18.2 Å². The largest absolute Gasteiger partial charge is 0.487 e. The number of para-hydroxylation sites is 1. The van der Waals surface area contributed by atoms with Crippen molar-refractivity contribution in [3.8, 4) is 5.75 Å². The minimum atomic E-state index is 0.451. The molecule has 0 saturated heterocycles. The standard InChI is InChI=1S/C19H21N5O2/c1-12-21-17-11-26-18-6-4-3-5-13(18)7-16(17)19(22-12)20-9-14-8-15(10-25-2)24-23-14/h3-6,8H,7,9-11H2,1-2H3,(H,23,24)(H,20,21,22). The lowest BCUT2D eigenvalue weighted by atomic mass is 10.0. The van der Waals surface area contributed by atoms with Crippen molar-refractivity contribution in [2.45, 2.75) is 33.1 Å². The molecule has 3 heterocycles. The van der Waals surface area contributed by atoms with Crippen LogP contribution in [0.2, 0.25) is 0 Å². The van der Waals surface area contributed by atoms with Crippen LogP contribution in [0, 0.1) is 6.92 Å². The summed E-state index contributed by atoms with van der Waals surface area (Å²) in [7, 11) is 1.66. The van der Waals surface area contributed by atoms with E-state index in [1.54, 1.807) is 7.11 Å². The summed E-state index contributed by atoms with van der Waals surface area (Å²) >= 11 is 0. The van der Waals surface area contributed by atoms with Gasteiger partial charge in [0.05, 0.1) is 30.2 Å². The van der Waals surface area contributed by atoms with E-state index in [9.17, 15) is 0 Å². The Morgan fingerprint density at radius 2 is 2.15 bits per heavy atom. The van der Waals surface area contributed by atoms with Crippen molar-refractivity contribution < 1.29 is 9.47 Å². The number of hydrogen-bond donors (Lipinski definition) is 2. The first-order valence-corrected chi connectivity index (χ1v) is 8.56. The molecule has 0 aliphatic carbocycles. The Kier molecular flexibility index (Phi) is 4.53. The minimum absolute atomic E-state index is 0.451. The zero-order chi connectivity index (χ0) is 17.9. The van der Waals surface area contributed by atoms with Gasteiger partial charge >= 0.3 is 0 Å². The number of nitrogens with one attached hydrogen (secondary N) is 2. The summed E-state index contributed by atoms with van der Waals surface area (Å²) in [6.07, 6.45) is 0.742. The molecule has 0 amide bonds. The maximum atomic E-state index is 5.93. The van der Waals surface area contributed by atoms with E-state index >= 15 is 0 Å². The van der Waals surface area contributed by atoms with Crippen molar-refractivity contribution >= 4 is 5.82 Å². The predicted octanol–water partition coefficient (Wildman–Crippen LogP) is 2.75. The third kappa shape index (κ3) is 3.39. The zero-order valence-electron chi connectivity index (χ0n) is 14.9. The summed E-state index contributed by atoms with van der Waals surface area (Å²) in [5.74, 6) is 2.48. The Bertz CT molecular complexity index is 922. The van der Waals surface area contributed by atoms with Crippen LogP contribution in [0.4, 0.5) is 5.82 Å². The molecule has 2 aromatic heterocycles. The summed E-state index contributed by atoms with van der Waals surface area (Å²) in [4.78, 5) is 9.21. The van der Waals surface area contributed by atoms with Crippen LogP contribution in [-0.2, 0) is 30.9 Å². The van der Waals surface area contributed by atoms with Crippen LogP contribution in [0.3, 0.4) is 0 Å². The Hall–Kier alpha value is -2.93. The number of aryl methyl sites for hydroxylation is 1. The molecule has 0 unspecified atom stereocenters. The first kappa shape index (κ1) is 16.5. The number of methoxy groups -OCH3 is 1. The quantitative estimate of drug-likeness (QED) is 0.735. The average molecular weight is 351 g/mol. The molecule has 4 rings (SSSR count). The van der Waals surface area contributed by atoms with Crippen molar-refractivity contribution in [1.29, 1.82) is 0 Å². The number of ether oxygens (including phenoxy) is 2. The van der Waals surface area contributed by atoms with Crippen LogP contribution in [0.5, 0.6) is 5.75 Å². The fourth-order valence-corrected chi connectivity index (χ4v) is 3.13. The topological polar surface area (TPSA) is 85.0 Å². The molecular formula is C19H21N5O2. The Labute approximate surface area is 151 Å². The van der Waals surface area contributed by atoms with E-state index in [0.29, 0.717) is 19.8 Å². The lowest BCUT2D eigenvalue weighted by Gasteiger charge is -2.13. The van der Waals surface area contributed by atoms with Crippen LogP contribution in [-0.4, -0.2) is 27.3 Å². The van der Waals surface area contributed by atoms with Crippen LogP contribution in [0.1, 0.15) is 34.0 Å². The van der Waals surface area contributed by atoms with Gasteiger partial charge in [0, 0.05) is 19.1 Å². The second kappa shape index (κ2) is 7.13. The molecule has 1 aliphatic rings. The number of fused-ring (bicyclic) bond motifs is 2. The van der Waals surface area contributed by atoms with E-state index in [4.69, 9.17) is 9.47 Å². The molecule has 7 heteroatoms. The van der Waals surface area contributed by atoms with Gasteiger partial charge < -0.3 is 14.8 Å². The molecule has 2 N–H and O–H groups in total. The van der Waals surface area contributed by atoms with Gasteiger partial charge in [-0.15, -0.1) is 0 Å². The third-order valence-electron chi connectivity index (χ3n) is 4.33. The third-order valence-corrected chi connectivity index (χ3v) is 4.33. The van der Waals surface area contributed by atoms with Gasteiger partial charge in [-0.3, -0.25) is 5.10 Å². The summed E-state index contributed by atoms with van der Waals surface area (Å²) in [5, 5.41) is 10.7. The molecule has 26 heavy (non-hydrogen) atoms. The number of nitrogens with zero attached hydrogens (tertiary/aromatic N) is 3. The SMILES string of the molecule is COCc1cc(CNc2nc(C)nc3c2Cc2ccccc2OC3)[nH]n1. The Morgan fingerprint density at radius 1 is 1.27 bits per heavy atom. The molecule has 0 bridgehead atoms. The van der Waals surface area contributed by atoms with E-state index in [0.717, 1.165) is 52.0 Å². The molecule has 3 aromatic rings. The number of aromatic amines is 1. The summed E-state index contributed by atoms with van der Waals surface area (Å²) in [5.41, 5.74) is 5.01. The number of hydrogen-bond acceptors (Lipinski definition) is 6. The average Bonchev–Trinajstić information content (AvgIpc) is 3.00. The lowest BCUT2D eigenvalue weighted by Crippen LogP contribution is -2.11. The van der Waals surface area contributed by atoms with Crippen molar-refractivity contribution in [2.75, 3.05) is 12.4 Å². The highest BCUT2D eigenvalue weighted by molar-refractivity contribution is 5.52. The fraction of sp³-hybridized carbons (Fsp3) is 0.316. The van der Waals surface area contributed by atoms with Gasteiger partial charge in [-0.05, 0) is 24.6 Å². The first-order valence-electron chi connectivity index (χ1n) is 8.56. The number of aromatic nitrogens is 4. The van der Waals surface area contributed by atoms with Crippen LogP contribution >= 0.6 is 0 Å². The van der Waals surface area contributed by atoms with E-state index in [2.05, 4.69) is 31.5 Å². The second-order valence-electron chi connectivity index (χ2n) is 6.29. The smallest absolute Gasteiger partial charge is 0.133 e. The van der Waals surface area contributed by atoms with Gasteiger partial charge in [-0.25, -0.2) is 9.97 Å².